The lowest BCUT2D eigenvalue weighted by atomic mass is 10.1. The van der Waals surface area contributed by atoms with E-state index in [2.05, 4.69) is 15.3 Å². The van der Waals surface area contributed by atoms with Gasteiger partial charge in [-0.15, -0.1) is 0 Å². The summed E-state index contributed by atoms with van der Waals surface area (Å²) in [5.41, 5.74) is 1.06. The monoisotopic (exact) mass is 416 g/mol. The molecule has 0 fully saturated rings. The van der Waals surface area contributed by atoms with Gasteiger partial charge in [0.2, 0.25) is 5.91 Å². The number of nitro groups is 1. The summed E-state index contributed by atoms with van der Waals surface area (Å²) < 4.78 is 0. The van der Waals surface area contributed by atoms with Crippen LogP contribution in [0, 0.1) is 10.1 Å². The average molecular weight is 417 g/mol. The first kappa shape index (κ1) is 19.6. The number of non-ortho nitro benzene ring substituents is 1. The lowest BCUT2D eigenvalue weighted by molar-refractivity contribution is -0.384. The first-order valence-electron chi connectivity index (χ1n) is 7.96. The molecule has 1 heterocycles. The number of carbonyl (C=O) groups is 1. The molecular weight excluding hydrogens is 404 g/mol. The Bertz CT molecular complexity index is 1090. The van der Waals surface area contributed by atoms with Crippen LogP contribution in [0.3, 0.4) is 0 Å². The Hall–Kier alpha value is -3.17. The van der Waals surface area contributed by atoms with Crippen LogP contribution < -0.4 is 10.9 Å². The van der Waals surface area contributed by atoms with E-state index < -0.39 is 10.8 Å². The number of nitrogens with one attached hydrogen (secondary N) is 2. The van der Waals surface area contributed by atoms with Gasteiger partial charge in [0.1, 0.15) is 0 Å². The lowest BCUT2D eigenvalue weighted by Gasteiger charge is -2.07. The van der Waals surface area contributed by atoms with E-state index in [9.17, 15) is 19.7 Å². The van der Waals surface area contributed by atoms with Gasteiger partial charge in [0.15, 0.2) is 5.16 Å². The van der Waals surface area contributed by atoms with Gasteiger partial charge in [-0.3, -0.25) is 19.7 Å². The number of rotatable bonds is 6. The molecule has 0 aliphatic rings. The van der Waals surface area contributed by atoms with Gasteiger partial charge < -0.3 is 10.3 Å². The Balaban J connectivity index is 1.67. The second-order valence-corrected chi connectivity index (χ2v) is 6.93. The van der Waals surface area contributed by atoms with E-state index in [1.807, 2.05) is 30.3 Å². The van der Waals surface area contributed by atoms with E-state index in [1.54, 1.807) is 0 Å². The minimum Gasteiger partial charge on any atom is -0.324 e. The largest absolute Gasteiger partial charge is 0.324 e. The van der Waals surface area contributed by atoms with E-state index >= 15 is 0 Å². The van der Waals surface area contributed by atoms with Crippen molar-refractivity contribution in [2.75, 3.05) is 11.1 Å². The molecule has 0 spiro atoms. The predicted molar refractivity (Wildman–Crippen MR) is 108 cm³/mol. The van der Waals surface area contributed by atoms with E-state index in [0.29, 0.717) is 10.9 Å². The third-order valence-corrected chi connectivity index (χ3v) is 4.75. The van der Waals surface area contributed by atoms with Crippen LogP contribution in [0.2, 0.25) is 5.02 Å². The van der Waals surface area contributed by atoms with Gasteiger partial charge in [0.25, 0.3) is 11.2 Å². The second kappa shape index (κ2) is 8.68. The molecule has 0 bridgehead atoms. The van der Waals surface area contributed by atoms with Crippen molar-refractivity contribution in [1.82, 2.24) is 9.97 Å². The molecule has 3 rings (SSSR count). The number of nitro benzene ring substituents is 1. The molecule has 142 valence electrons. The first-order chi connectivity index (χ1) is 13.4. The minimum absolute atomic E-state index is 0.0332. The van der Waals surface area contributed by atoms with E-state index in [1.165, 1.54) is 18.2 Å². The van der Waals surface area contributed by atoms with Crippen LogP contribution in [-0.4, -0.2) is 26.6 Å². The van der Waals surface area contributed by atoms with Crippen molar-refractivity contribution in [2.24, 2.45) is 0 Å². The summed E-state index contributed by atoms with van der Waals surface area (Å²) >= 11 is 7.01. The van der Waals surface area contributed by atoms with Crippen molar-refractivity contribution < 1.29 is 9.72 Å². The molecular formula is C18H13ClN4O4S. The number of amides is 1. The summed E-state index contributed by atoms with van der Waals surface area (Å²) in [6, 6.07) is 14.4. The number of thioether (sulfide) groups is 1. The molecule has 0 unspecified atom stereocenters. The lowest BCUT2D eigenvalue weighted by Crippen LogP contribution is -2.15. The molecule has 1 amide bonds. The number of hydrogen-bond acceptors (Lipinski definition) is 6. The number of benzene rings is 2. The highest BCUT2D eigenvalue weighted by Gasteiger charge is 2.12. The minimum atomic E-state index is -0.574. The van der Waals surface area contributed by atoms with Crippen molar-refractivity contribution in [3.8, 4) is 11.3 Å². The Morgan fingerprint density at radius 3 is 2.64 bits per heavy atom. The fourth-order valence-corrected chi connectivity index (χ4v) is 3.20. The summed E-state index contributed by atoms with van der Waals surface area (Å²) in [4.78, 5) is 41.1. The zero-order chi connectivity index (χ0) is 20.1. The van der Waals surface area contributed by atoms with Gasteiger partial charge in [-0.1, -0.05) is 53.7 Å². The standard InChI is InChI=1S/C18H13ClN4O4S/c19-13-8-12(23(26)27)6-7-14(13)20-17(25)10-28-18-21-15(9-16(24)22-18)11-4-2-1-3-5-11/h1-9H,10H2,(H,20,25)(H,21,22,24). The molecule has 0 saturated heterocycles. The molecule has 0 aliphatic carbocycles. The number of aromatic nitrogens is 2. The van der Waals surface area contributed by atoms with Crippen molar-refractivity contribution in [1.29, 1.82) is 0 Å². The highest BCUT2D eigenvalue weighted by molar-refractivity contribution is 7.99. The van der Waals surface area contributed by atoms with E-state index in [0.717, 1.165) is 23.4 Å². The molecule has 8 nitrogen and oxygen atoms in total. The van der Waals surface area contributed by atoms with E-state index in [-0.39, 0.29) is 27.7 Å². The summed E-state index contributed by atoms with van der Waals surface area (Å²) in [5, 5.41) is 13.7. The quantitative estimate of drug-likeness (QED) is 0.273. The molecule has 0 atom stereocenters. The maximum atomic E-state index is 12.2. The maximum absolute atomic E-state index is 12.2. The molecule has 10 heteroatoms. The van der Waals surface area contributed by atoms with Gasteiger partial charge >= 0.3 is 0 Å². The molecule has 0 saturated carbocycles. The van der Waals surface area contributed by atoms with Gasteiger partial charge in [-0.05, 0) is 6.07 Å². The highest BCUT2D eigenvalue weighted by Crippen LogP contribution is 2.27. The van der Waals surface area contributed by atoms with E-state index in [4.69, 9.17) is 11.6 Å². The Morgan fingerprint density at radius 2 is 1.96 bits per heavy atom. The zero-order valence-corrected chi connectivity index (χ0v) is 15.8. The summed E-state index contributed by atoms with van der Waals surface area (Å²) in [6.07, 6.45) is 0. The molecule has 0 radical (unpaired) electrons. The zero-order valence-electron chi connectivity index (χ0n) is 14.2. The number of carbonyl (C=O) groups excluding carboxylic acids is 1. The molecule has 1 aromatic heterocycles. The summed E-state index contributed by atoms with van der Waals surface area (Å²) in [7, 11) is 0. The molecule has 28 heavy (non-hydrogen) atoms. The normalized spacial score (nSPS) is 10.5. The predicted octanol–water partition coefficient (Wildman–Crippen LogP) is 3.73. The Kier molecular flexibility index (Phi) is 6.07. The number of hydrogen-bond donors (Lipinski definition) is 2. The number of aromatic amines is 1. The van der Waals surface area contributed by atoms with Gasteiger partial charge in [0, 0.05) is 23.8 Å². The smallest absolute Gasteiger partial charge is 0.271 e. The third-order valence-electron chi connectivity index (χ3n) is 3.57. The van der Waals surface area contributed by atoms with Crippen LogP contribution in [0.25, 0.3) is 11.3 Å². The van der Waals surface area contributed by atoms with Crippen LogP contribution in [0.4, 0.5) is 11.4 Å². The first-order valence-corrected chi connectivity index (χ1v) is 9.32. The van der Waals surface area contributed by atoms with Crippen molar-refractivity contribution >= 4 is 40.6 Å². The molecule has 2 aromatic carbocycles. The van der Waals surface area contributed by atoms with Gasteiger partial charge in [0.05, 0.1) is 27.1 Å². The number of halogens is 1. The third kappa shape index (κ3) is 4.96. The van der Waals surface area contributed by atoms with Crippen LogP contribution in [0.5, 0.6) is 0 Å². The van der Waals surface area contributed by atoms with Gasteiger partial charge in [-0.2, -0.15) is 0 Å². The number of anilines is 1. The molecule has 0 aliphatic heterocycles. The summed E-state index contributed by atoms with van der Waals surface area (Å²) in [6.45, 7) is 0. The van der Waals surface area contributed by atoms with Crippen LogP contribution in [0.15, 0.2) is 64.5 Å². The number of nitrogens with zero attached hydrogens (tertiary/aromatic N) is 2. The highest BCUT2D eigenvalue weighted by atomic mass is 35.5. The topological polar surface area (TPSA) is 118 Å². The average Bonchev–Trinajstić information content (AvgIpc) is 2.68. The van der Waals surface area contributed by atoms with Crippen molar-refractivity contribution in [3.05, 3.63) is 80.1 Å². The van der Waals surface area contributed by atoms with Crippen molar-refractivity contribution in [2.45, 2.75) is 5.16 Å². The fraction of sp³-hybridized carbons (Fsp3) is 0.0556. The van der Waals surface area contributed by atoms with Gasteiger partial charge in [-0.25, -0.2) is 4.98 Å². The maximum Gasteiger partial charge on any atom is 0.271 e. The van der Waals surface area contributed by atoms with Crippen molar-refractivity contribution in [3.63, 3.8) is 0 Å². The Labute approximate surface area is 168 Å². The second-order valence-electron chi connectivity index (χ2n) is 5.56. The number of H-pyrrole nitrogens is 1. The van der Waals surface area contributed by atoms with Crippen LogP contribution in [-0.2, 0) is 4.79 Å². The van der Waals surface area contributed by atoms with Crippen LogP contribution >= 0.6 is 23.4 Å². The summed E-state index contributed by atoms with van der Waals surface area (Å²) in [5.74, 6) is -0.428. The SMILES string of the molecule is O=C(CSc1nc(-c2ccccc2)cc(=O)[nH]1)Nc1ccc([N+](=O)[O-])cc1Cl. The van der Waals surface area contributed by atoms with Crippen LogP contribution in [0.1, 0.15) is 0 Å². The Morgan fingerprint density at radius 1 is 1.21 bits per heavy atom. The molecule has 2 N–H and O–H groups in total. The molecule has 3 aromatic rings. The fourth-order valence-electron chi connectivity index (χ4n) is 2.30.